The lowest BCUT2D eigenvalue weighted by Gasteiger charge is -2.17. The number of carbonyl (C=O) groups excluding carboxylic acids is 1. The Balaban J connectivity index is 2.23. The standard InChI is InChI=1S/C16H20N4O3/c1-4-14(12-7-6-8-13(10-12)20(22)23)17-16(21)15-9-11(3)18-19(15)5-2/h6-10,14H,4-5H2,1-3H3,(H,17,21). The fraction of sp³-hybridized carbons (Fsp3) is 0.375. The van der Waals surface area contributed by atoms with Crippen LogP contribution in [0.15, 0.2) is 30.3 Å². The van der Waals surface area contributed by atoms with Crippen LogP contribution in [0, 0.1) is 17.0 Å². The fourth-order valence-electron chi connectivity index (χ4n) is 2.48. The smallest absolute Gasteiger partial charge is 0.270 e. The molecular formula is C16H20N4O3. The summed E-state index contributed by atoms with van der Waals surface area (Å²) < 4.78 is 1.64. The molecule has 1 aromatic carbocycles. The number of non-ortho nitro benzene ring substituents is 1. The molecule has 23 heavy (non-hydrogen) atoms. The number of aromatic nitrogens is 2. The molecule has 7 nitrogen and oxygen atoms in total. The van der Waals surface area contributed by atoms with Gasteiger partial charge in [0.2, 0.25) is 0 Å². The van der Waals surface area contributed by atoms with Gasteiger partial charge in [-0.1, -0.05) is 19.1 Å². The van der Waals surface area contributed by atoms with Gasteiger partial charge in [-0.15, -0.1) is 0 Å². The molecule has 0 saturated carbocycles. The quantitative estimate of drug-likeness (QED) is 0.655. The van der Waals surface area contributed by atoms with Crippen molar-refractivity contribution in [3.05, 3.63) is 57.4 Å². The van der Waals surface area contributed by atoms with Crippen LogP contribution in [0.2, 0.25) is 0 Å². The van der Waals surface area contributed by atoms with E-state index >= 15 is 0 Å². The zero-order chi connectivity index (χ0) is 17.0. The van der Waals surface area contributed by atoms with Crippen LogP contribution in [-0.2, 0) is 6.54 Å². The molecule has 0 aliphatic carbocycles. The molecule has 1 N–H and O–H groups in total. The Morgan fingerprint density at radius 1 is 1.39 bits per heavy atom. The van der Waals surface area contributed by atoms with E-state index in [0.29, 0.717) is 24.2 Å². The number of hydrogen-bond donors (Lipinski definition) is 1. The van der Waals surface area contributed by atoms with Gasteiger partial charge in [-0.25, -0.2) is 0 Å². The van der Waals surface area contributed by atoms with Crippen molar-refractivity contribution < 1.29 is 9.72 Å². The molecule has 0 saturated heterocycles. The average Bonchev–Trinajstić information content (AvgIpc) is 2.93. The number of carbonyl (C=O) groups is 1. The summed E-state index contributed by atoms with van der Waals surface area (Å²) in [5.41, 5.74) is 2.01. The molecule has 0 bridgehead atoms. The number of nitro groups is 1. The second-order valence-corrected chi connectivity index (χ2v) is 5.27. The minimum Gasteiger partial charge on any atom is -0.344 e. The number of amides is 1. The summed E-state index contributed by atoms with van der Waals surface area (Å²) in [4.78, 5) is 23.0. The first-order valence-corrected chi connectivity index (χ1v) is 7.55. The molecule has 0 spiro atoms. The first kappa shape index (κ1) is 16.7. The van der Waals surface area contributed by atoms with Gasteiger partial charge in [0.15, 0.2) is 0 Å². The summed E-state index contributed by atoms with van der Waals surface area (Å²) in [6, 6.07) is 7.79. The van der Waals surface area contributed by atoms with E-state index in [4.69, 9.17) is 0 Å². The van der Waals surface area contributed by atoms with Gasteiger partial charge in [0.1, 0.15) is 5.69 Å². The van der Waals surface area contributed by atoms with Crippen molar-refractivity contribution in [3.8, 4) is 0 Å². The van der Waals surface area contributed by atoms with E-state index in [0.717, 1.165) is 5.69 Å². The van der Waals surface area contributed by atoms with Crippen molar-refractivity contribution in [2.24, 2.45) is 0 Å². The minimum absolute atomic E-state index is 0.0182. The topological polar surface area (TPSA) is 90.1 Å². The van der Waals surface area contributed by atoms with Crippen LogP contribution in [0.5, 0.6) is 0 Å². The van der Waals surface area contributed by atoms with E-state index in [1.807, 2.05) is 20.8 Å². The Labute approximate surface area is 134 Å². The van der Waals surface area contributed by atoms with Crippen LogP contribution in [0.1, 0.15) is 48.1 Å². The van der Waals surface area contributed by atoms with Gasteiger partial charge < -0.3 is 5.32 Å². The molecule has 1 heterocycles. The maximum Gasteiger partial charge on any atom is 0.270 e. The van der Waals surface area contributed by atoms with Crippen LogP contribution in [0.25, 0.3) is 0 Å². The molecular weight excluding hydrogens is 296 g/mol. The molecule has 1 atom stereocenters. The highest BCUT2D eigenvalue weighted by Crippen LogP contribution is 2.22. The lowest BCUT2D eigenvalue weighted by molar-refractivity contribution is -0.384. The molecule has 0 aliphatic rings. The molecule has 7 heteroatoms. The highest BCUT2D eigenvalue weighted by molar-refractivity contribution is 5.93. The van der Waals surface area contributed by atoms with Gasteiger partial charge in [0.25, 0.3) is 11.6 Å². The first-order chi connectivity index (χ1) is 11.0. The normalized spacial score (nSPS) is 12.0. The number of rotatable bonds is 6. The predicted molar refractivity (Wildman–Crippen MR) is 86.2 cm³/mol. The summed E-state index contributed by atoms with van der Waals surface area (Å²) >= 11 is 0. The van der Waals surface area contributed by atoms with E-state index in [1.165, 1.54) is 12.1 Å². The lowest BCUT2D eigenvalue weighted by Crippen LogP contribution is -2.30. The highest BCUT2D eigenvalue weighted by Gasteiger charge is 2.19. The number of hydrogen-bond acceptors (Lipinski definition) is 4. The number of nitro benzene ring substituents is 1. The predicted octanol–water partition coefficient (Wildman–Crippen LogP) is 3.00. The zero-order valence-corrected chi connectivity index (χ0v) is 13.4. The second-order valence-electron chi connectivity index (χ2n) is 5.27. The van der Waals surface area contributed by atoms with E-state index < -0.39 is 4.92 Å². The van der Waals surface area contributed by atoms with Crippen molar-refractivity contribution >= 4 is 11.6 Å². The molecule has 2 rings (SSSR count). The average molecular weight is 316 g/mol. The molecule has 122 valence electrons. The molecule has 1 aromatic heterocycles. The Hall–Kier alpha value is -2.70. The zero-order valence-electron chi connectivity index (χ0n) is 13.4. The molecule has 0 fully saturated rings. The van der Waals surface area contributed by atoms with E-state index in [1.54, 1.807) is 22.9 Å². The van der Waals surface area contributed by atoms with Crippen LogP contribution in [0.3, 0.4) is 0 Å². The number of aryl methyl sites for hydroxylation is 2. The second kappa shape index (κ2) is 7.04. The molecule has 1 amide bonds. The Kier molecular flexibility index (Phi) is 5.10. The van der Waals surface area contributed by atoms with Gasteiger partial charge in [-0.2, -0.15) is 5.10 Å². The third-order valence-corrected chi connectivity index (χ3v) is 3.63. The Bertz CT molecular complexity index is 724. The minimum atomic E-state index is -0.437. The molecule has 1 unspecified atom stereocenters. The van der Waals surface area contributed by atoms with Gasteiger partial charge in [-0.05, 0) is 31.9 Å². The Morgan fingerprint density at radius 3 is 2.74 bits per heavy atom. The van der Waals surface area contributed by atoms with E-state index in [2.05, 4.69) is 10.4 Å². The van der Waals surface area contributed by atoms with Crippen molar-refractivity contribution in [2.75, 3.05) is 0 Å². The summed E-state index contributed by atoms with van der Waals surface area (Å²) in [5.74, 6) is -0.231. The van der Waals surface area contributed by atoms with Crippen molar-refractivity contribution in [1.82, 2.24) is 15.1 Å². The third kappa shape index (κ3) is 3.74. The van der Waals surface area contributed by atoms with Crippen LogP contribution >= 0.6 is 0 Å². The van der Waals surface area contributed by atoms with Gasteiger partial charge in [0.05, 0.1) is 16.7 Å². The maximum atomic E-state index is 12.5. The first-order valence-electron chi connectivity index (χ1n) is 7.55. The number of nitrogens with one attached hydrogen (secondary N) is 1. The lowest BCUT2D eigenvalue weighted by atomic mass is 10.0. The summed E-state index contributed by atoms with van der Waals surface area (Å²) in [7, 11) is 0. The Morgan fingerprint density at radius 2 is 2.13 bits per heavy atom. The SMILES string of the molecule is CCC(NC(=O)c1cc(C)nn1CC)c1cccc([N+](=O)[O-])c1. The summed E-state index contributed by atoms with van der Waals surface area (Å²) in [5, 5.41) is 18.1. The number of nitrogens with zero attached hydrogens (tertiary/aromatic N) is 3. The van der Waals surface area contributed by atoms with E-state index in [9.17, 15) is 14.9 Å². The monoisotopic (exact) mass is 316 g/mol. The number of benzene rings is 1. The van der Waals surface area contributed by atoms with Gasteiger partial charge in [-0.3, -0.25) is 19.6 Å². The van der Waals surface area contributed by atoms with Crippen LogP contribution in [-0.4, -0.2) is 20.6 Å². The van der Waals surface area contributed by atoms with Gasteiger partial charge >= 0.3 is 0 Å². The van der Waals surface area contributed by atoms with Crippen molar-refractivity contribution in [3.63, 3.8) is 0 Å². The molecule has 2 aromatic rings. The largest absolute Gasteiger partial charge is 0.344 e. The van der Waals surface area contributed by atoms with Crippen LogP contribution < -0.4 is 5.32 Å². The maximum absolute atomic E-state index is 12.5. The summed E-state index contributed by atoms with van der Waals surface area (Å²) in [6.07, 6.45) is 0.631. The third-order valence-electron chi connectivity index (χ3n) is 3.63. The fourth-order valence-corrected chi connectivity index (χ4v) is 2.48. The highest BCUT2D eigenvalue weighted by atomic mass is 16.6. The van der Waals surface area contributed by atoms with Crippen LogP contribution in [0.4, 0.5) is 5.69 Å². The molecule has 0 radical (unpaired) electrons. The van der Waals surface area contributed by atoms with Crippen molar-refractivity contribution in [1.29, 1.82) is 0 Å². The van der Waals surface area contributed by atoms with Crippen molar-refractivity contribution in [2.45, 2.75) is 39.8 Å². The summed E-state index contributed by atoms with van der Waals surface area (Å²) in [6.45, 7) is 6.28. The van der Waals surface area contributed by atoms with E-state index in [-0.39, 0.29) is 17.6 Å². The molecule has 0 aliphatic heterocycles. The van der Waals surface area contributed by atoms with Gasteiger partial charge in [0, 0.05) is 18.7 Å².